The Morgan fingerprint density at radius 1 is 0.467 bits per heavy atom. The number of nitrogens with zero attached hydrogens (tertiary/aromatic N) is 4. The van der Waals surface area contributed by atoms with Gasteiger partial charge in [-0.2, -0.15) is 0 Å². The quantitative estimate of drug-likeness (QED) is 0.0863. The van der Waals surface area contributed by atoms with E-state index in [1.165, 1.54) is 103 Å². The highest BCUT2D eigenvalue weighted by Gasteiger charge is 2.42. The molecule has 0 aliphatic heterocycles. The van der Waals surface area contributed by atoms with E-state index in [4.69, 9.17) is 19.9 Å². The number of benzene rings is 5. The maximum atomic E-state index is 5.06. The van der Waals surface area contributed by atoms with Crippen molar-refractivity contribution in [1.82, 2.24) is 19.9 Å². The zero-order valence-electron chi connectivity index (χ0n) is 36.1. The predicted molar refractivity (Wildman–Crippen MR) is 250 cm³/mol. The fraction of sp³-hybridized carbons (Fsp3) is 0.321. The minimum atomic E-state index is -0.00930. The Hall–Kier alpha value is -5.74. The minimum Gasteiger partial charge on any atom is -0.255 e. The number of unbranched alkanes of at least 4 members (excludes halogenated alkanes) is 6. The van der Waals surface area contributed by atoms with Gasteiger partial charge in [-0.25, -0.2) is 15.0 Å². The Labute approximate surface area is 358 Å². The van der Waals surface area contributed by atoms with Crippen molar-refractivity contribution in [3.05, 3.63) is 179 Å². The fourth-order valence-electron chi connectivity index (χ4n) is 9.34. The summed E-state index contributed by atoms with van der Waals surface area (Å²) in [4.78, 5) is 19.4. The maximum Gasteiger partial charge on any atom is 0.165 e. The van der Waals surface area contributed by atoms with Gasteiger partial charge in [0.15, 0.2) is 11.6 Å². The first-order chi connectivity index (χ1) is 29.3. The molecule has 60 heavy (non-hydrogen) atoms. The van der Waals surface area contributed by atoms with Gasteiger partial charge in [0.25, 0.3) is 0 Å². The third kappa shape index (κ3) is 9.49. The Kier molecular flexibility index (Phi) is 12.8. The number of hydrogen-bond acceptors (Lipinski definition) is 4. The topological polar surface area (TPSA) is 51.6 Å². The normalized spacial score (nSPS) is 12.9. The van der Waals surface area contributed by atoms with Crippen molar-refractivity contribution in [2.24, 2.45) is 0 Å². The molecule has 0 N–H and O–H groups in total. The van der Waals surface area contributed by atoms with Crippen LogP contribution in [0.5, 0.6) is 0 Å². The van der Waals surface area contributed by atoms with Crippen molar-refractivity contribution in [2.45, 2.75) is 116 Å². The molecule has 7 aromatic rings. The first-order valence-corrected chi connectivity index (χ1v) is 22.4. The van der Waals surface area contributed by atoms with E-state index in [1.54, 1.807) is 0 Å². The van der Waals surface area contributed by atoms with Gasteiger partial charge in [-0.15, -0.1) is 0 Å². The molecule has 0 unspecified atom stereocenters. The molecule has 0 fully saturated rings. The van der Waals surface area contributed by atoms with Gasteiger partial charge in [0, 0.05) is 28.3 Å². The van der Waals surface area contributed by atoms with Crippen LogP contribution in [0.25, 0.3) is 45.2 Å². The van der Waals surface area contributed by atoms with E-state index in [1.807, 2.05) is 13.1 Å². The second-order valence-electron chi connectivity index (χ2n) is 18.0. The number of fused-ring (bicyclic) bond motifs is 3. The molecule has 0 saturated heterocycles. The zero-order chi connectivity index (χ0) is 41.4. The molecule has 0 bridgehead atoms. The van der Waals surface area contributed by atoms with Crippen molar-refractivity contribution in [3.63, 3.8) is 0 Å². The van der Waals surface area contributed by atoms with Crippen LogP contribution < -0.4 is 0 Å². The van der Waals surface area contributed by atoms with Crippen LogP contribution in [0.3, 0.4) is 0 Å². The van der Waals surface area contributed by atoms with E-state index in [2.05, 4.69) is 160 Å². The summed E-state index contributed by atoms with van der Waals surface area (Å²) in [7, 11) is 0. The lowest BCUT2D eigenvalue weighted by atomic mass is 9.70. The Morgan fingerprint density at radius 3 is 1.60 bits per heavy atom. The summed E-state index contributed by atoms with van der Waals surface area (Å²) in [5.74, 6) is 2.03. The molecule has 0 amide bonds. The van der Waals surface area contributed by atoms with E-state index in [-0.39, 0.29) is 10.8 Å². The Morgan fingerprint density at radius 2 is 1.00 bits per heavy atom. The average Bonchev–Trinajstić information content (AvgIpc) is 3.55. The highest BCUT2D eigenvalue weighted by atomic mass is 15.0. The van der Waals surface area contributed by atoms with Crippen molar-refractivity contribution in [1.29, 1.82) is 0 Å². The van der Waals surface area contributed by atoms with Gasteiger partial charge >= 0.3 is 0 Å². The van der Waals surface area contributed by atoms with Crippen LogP contribution in [-0.2, 0) is 23.7 Å². The van der Waals surface area contributed by atoms with Gasteiger partial charge in [-0.3, -0.25) is 4.98 Å². The summed E-state index contributed by atoms with van der Waals surface area (Å²) in [5.41, 5.74) is 14.1. The fourth-order valence-corrected chi connectivity index (χ4v) is 9.34. The molecular weight excluding hydrogens is 729 g/mol. The highest BCUT2D eigenvalue weighted by molar-refractivity contribution is 5.83. The van der Waals surface area contributed by atoms with Crippen molar-refractivity contribution in [3.8, 4) is 45.2 Å². The molecule has 5 aromatic carbocycles. The minimum absolute atomic E-state index is 0.00930. The summed E-state index contributed by atoms with van der Waals surface area (Å²) < 4.78 is 0. The lowest BCUT2D eigenvalue weighted by molar-refractivity contribution is 0.399. The molecule has 4 heteroatoms. The summed E-state index contributed by atoms with van der Waals surface area (Å²) in [5, 5.41) is 0. The number of pyridine rings is 1. The van der Waals surface area contributed by atoms with Crippen LogP contribution in [0.4, 0.5) is 0 Å². The van der Waals surface area contributed by atoms with Gasteiger partial charge in [0.1, 0.15) is 5.82 Å². The molecule has 0 radical (unpaired) electrons. The number of aromatic nitrogens is 4. The van der Waals surface area contributed by atoms with Gasteiger partial charge in [-0.1, -0.05) is 181 Å². The zero-order valence-corrected chi connectivity index (χ0v) is 36.1. The van der Waals surface area contributed by atoms with Crippen LogP contribution in [-0.4, -0.2) is 19.9 Å². The molecule has 0 atom stereocenters. The van der Waals surface area contributed by atoms with Crippen LogP contribution in [0.15, 0.2) is 146 Å². The number of rotatable bonds is 17. The van der Waals surface area contributed by atoms with E-state index in [0.29, 0.717) is 17.5 Å². The summed E-state index contributed by atoms with van der Waals surface area (Å²) in [6, 6.07) is 51.1. The number of hydrogen-bond donors (Lipinski definition) is 0. The lowest BCUT2D eigenvalue weighted by Crippen LogP contribution is -2.25. The molecule has 1 aliphatic carbocycles. The molecule has 0 spiro atoms. The monoisotopic (exact) mass is 788 g/mol. The molecule has 2 heterocycles. The van der Waals surface area contributed by atoms with Crippen molar-refractivity contribution in [2.75, 3.05) is 0 Å². The van der Waals surface area contributed by atoms with Crippen LogP contribution in [0, 0.1) is 6.92 Å². The Balaban J connectivity index is 1.03. The predicted octanol–water partition coefficient (Wildman–Crippen LogP) is 14.5. The Bertz CT molecular complexity index is 2410. The second-order valence-corrected chi connectivity index (χ2v) is 18.0. The molecule has 304 valence electrons. The molecule has 0 saturated carbocycles. The van der Waals surface area contributed by atoms with Crippen LogP contribution in [0.2, 0.25) is 0 Å². The van der Waals surface area contributed by atoms with Crippen molar-refractivity contribution < 1.29 is 0 Å². The molecule has 1 aliphatic rings. The third-order valence-electron chi connectivity index (χ3n) is 12.7. The van der Waals surface area contributed by atoms with Crippen molar-refractivity contribution >= 4 is 0 Å². The standard InChI is InChI=1S/C56H60N4/c1-41-58-53(44-29-33-47(34-30-44)55(2,3)4)60-54(59-41)46-32-36-52(57-40-46)45-31-35-49-48-27-17-18-28-50(48)56(51(49)39-45,37-19-7-5-11-21-42-23-13-9-14-24-42)38-20-8-6-12-22-43-25-15-10-16-26-43/h9-10,13-18,23-36,39-40H,5-8,11-12,19-22,37-38H2,1-4H3. The van der Waals surface area contributed by atoms with E-state index in [9.17, 15) is 0 Å². The van der Waals surface area contributed by atoms with Crippen LogP contribution in [0.1, 0.15) is 119 Å². The smallest absolute Gasteiger partial charge is 0.165 e. The summed E-state index contributed by atoms with van der Waals surface area (Å²) in [6.45, 7) is 8.63. The second kappa shape index (κ2) is 18.7. The number of aryl methyl sites for hydroxylation is 3. The largest absolute Gasteiger partial charge is 0.255 e. The molecular formula is C56H60N4. The first-order valence-electron chi connectivity index (χ1n) is 22.4. The van der Waals surface area contributed by atoms with E-state index < -0.39 is 0 Å². The summed E-state index contributed by atoms with van der Waals surface area (Å²) >= 11 is 0. The van der Waals surface area contributed by atoms with Crippen LogP contribution >= 0.6 is 0 Å². The van der Waals surface area contributed by atoms with Gasteiger partial charge < -0.3 is 0 Å². The summed E-state index contributed by atoms with van der Waals surface area (Å²) in [6.07, 6.45) is 16.6. The molecule has 4 nitrogen and oxygen atoms in total. The van der Waals surface area contributed by atoms with Gasteiger partial charge in [-0.05, 0) is 108 Å². The molecule has 8 rings (SSSR count). The van der Waals surface area contributed by atoms with Gasteiger partial charge in [0.2, 0.25) is 0 Å². The molecule has 2 aromatic heterocycles. The highest BCUT2D eigenvalue weighted by Crippen LogP contribution is 2.55. The van der Waals surface area contributed by atoms with E-state index >= 15 is 0 Å². The average molecular weight is 789 g/mol. The first kappa shape index (κ1) is 41.0. The lowest BCUT2D eigenvalue weighted by Gasteiger charge is -2.33. The SMILES string of the molecule is Cc1nc(-c2ccc(C(C)(C)C)cc2)nc(-c2ccc(-c3ccc4c(c3)C(CCCCCCc3ccccc3)(CCCCCCc3ccccc3)c3ccccc3-4)nc2)n1. The maximum absolute atomic E-state index is 5.06. The van der Waals surface area contributed by atoms with Gasteiger partial charge in [0.05, 0.1) is 5.69 Å². The third-order valence-corrected chi connectivity index (χ3v) is 12.7. The van der Waals surface area contributed by atoms with E-state index in [0.717, 1.165) is 35.2 Å².